The molecule has 3 N–H and O–H groups in total. The molecule has 3 rings (SSSR count). The summed E-state index contributed by atoms with van der Waals surface area (Å²) in [7, 11) is 0. The second-order valence-electron chi connectivity index (χ2n) is 5.51. The van der Waals surface area contributed by atoms with Crippen molar-refractivity contribution < 1.29 is 4.39 Å². The summed E-state index contributed by atoms with van der Waals surface area (Å²) in [5, 5.41) is 3.24. The van der Waals surface area contributed by atoms with E-state index in [2.05, 4.69) is 21.4 Å². The van der Waals surface area contributed by atoms with E-state index in [9.17, 15) is 4.39 Å². The molecule has 4 nitrogen and oxygen atoms in total. The summed E-state index contributed by atoms with van der Waals surface area (Å²) in [6.07, 6.45) is 0. The maximum absolute atomic E-state index is 13.0. The molecule has 0 radical (unpaired) electrons. The maximum Gasteiger partial charge on any atom is 0.163 e. The van der Waals surface area contributed by atoms with Gasteiger partial charge >= 0.3 is 0 Å². The Balaban J connectivity index is 1.95. The Morgan fingerprint density at radius 3 is 2.22 bits per heavy atom. The molecule has 0 saturated heterocycles. The van der Waals surface area contributed by atoms with Crippen molar-refractivity contribution in [2.24, 2.45) is 0 Å². The number of halogens is 1. The van der Waals surface area contributed by atoms with Crippen LogP contribution in [0.5, 0.6) is 0 Å². The predicted molar refractivity (Wildman–Crippen MR) is 91.0 cm³/mol. The second-order valence-corrected chi connectivity index (χ2v) is 5.51. The lowest BCUT2D eigenvalue weighted by atomic mass is 10.1. The molecule has 0 spiro atoms. The van der Waals surface area contributed by atoms with E-state index in [1.165, 1.54) is 12.1 Å². The molecule has 1 aromatic heterocycles. The molecular formula is C18H17FN4. The van der Waals surface area contributed by atoms with Gasteiger partial charge in [-0.05, 0) is 61.4 Å². The fourth-order valence-corrected chi connectivity index (χ4v) is 2.45. The number of anilines is 3. The van der Waals surface area contributed by atoms with Crippen LogP contribution in [0, 0.1) is 19.7 Å². The van der Waals surface area contributed by atoms with Crippen LogP contribution >= 0.6 is 0 Å². The van der Waals surface area contributed by atoms with Crippen molar-refractivity contribution in [2.75, 3.05) is 11.1 Å². The van der Waals surface area contributed by atoms with Crippen molar-refractivity contribution in [3.8, 4) is 11.4 Å². The van der Waals surface area contributed by atoms with Crippen LogP contribution in [0.1, 0.15) is 11.1 Å². The van der Waals surface area contributed by atoms with Gasteiger partial charge < -0.3 is 11.1 Å². The standard InChI is InChI=1S/C18H17FN4/c1-11-7-12(2)9-15(8-11)21-17-10-16(20)22-18(23-17)13-3-5-14(19)6-4-13/h3-10H,1-2H3,(H3,20,21,22,23). The van der Waals surface area contributed by atoms with E-state index in [0.717, 1.165) is 16.8 Å². The molecule has 3 aromatic rings. The predicted octanol–water partition coefficient (Wildman–Crippen LogP) is 4.23. The number of nitrogen functional groups attached to an aromatic ring is 1. The first-order chi connectivity index (χ1) is 11.0. The number of hydrogen-bond acceptors (Lipinski definition) is 4. The summed E-state index contributed by atoms with van der Waals surface area (Å²) < 4.78 is 13.0. The lowest BCUT2D eigenvalue weighted by Gasteiger charge is -2.10. The zero-order valence-corrected chi connectivity index (χ0v) is 13.0. The second kappa shape index (κ2) is 6.04. The highest BCUT2D eigenvalue weighted by atomic mass is 19.1. The van der Waals surface area contributed by atoms with E-state index in [1.54, 1.807) is 18.2 Å². The van der Waals surface area contributed by atoms with Crippen LogP contribution in [0.25, 0.3) is 11.4 Å². The molecule has 23 heavy (non-hydrogen) atoms. The van der Waals surface area contributed by atoms with E-state index in [4.69, 9.17) is 5.73 Å². The van der Waals surface area contributed by atoms with E-state index < -0.39 is 0 Å². The third-order valence-corrected chi connectivity index (χ3v) is 3.34. The number of benzene rings is 2. The summed E-state index contributed by atoms with van der Waals surface area (Å²) in [5.41, 5.74) is 9.84. The van der Waals surface area contributed by atoms with Crippen molar-refractivity contribution in [1.82, 2.24) is 9.97 Å². The third kappa shape index (κ3) is 3.63. The Morgan fingerprint density at radius 2 is 1.57 bits per heavy atom. The summed E-state index contributed by atoms with van der Waals surface area (Å²) >= 11 is 0. The molecule has 1 heterocycles. The first-order valence-electron chi connectivity index (χ1n) is 7.25. The molecule has 116 valence electrons. The van der Waals surface area contributed by atoms with Crippen LogP contribution in [0.3, 0.4) is 0 Å². The van der Waals surface area contributed by atoms with Crippen LogP contribution in [0.4, 0.5) is 21.7 Å². The fraction of sp³-hybridized carbons (Fsp3) is 0.111. The molecule has 0 atom stereocenters. The minimum absolute atomic E-state index is 0.300. The number of nitrogens with zero attached hydrogens (tertiary/aromatic N) is 2. The Kier molecular flexibility index (Phi) is 3.93. The lowest BCUT2D eigenvalue weighted by molar-refractivity contribution is 0.628. The molecule has 0 saturated carbocycles. The van der Waals surface area contributed by atoms with Crippen LogP contribution in [0.15, 0.2) is 48.5 Å². The molecule has 5 heteroatoms. The number of nitrogens with two attached hydrogens (primary N) is 1. The minimum atomic E-state index is -0.300. The molecule has 0 amide bonds. The van der Waals surface area contributed by atoms with Gasteiger partial charge in [-0.1, -0.05) is 6.07 Å². The van der Waals surface area contributed by atoms with E-state index in [-0.39, 0.29) is 5.82 Å². The maximum atomic E-state index is 13.0. The van der Waals surface area contributed by atoms with Gasteiger partial charge in [-0.3, -0.25) is 0 Å². The molecule has 2 aromatic carbocycles. The Labute approximate surface area is 134 Å². The topological polar surface area (TPSA) is 63.8 Å². The average Bonchev–Trinajstić information content (AvgIpc) is 2.46. The Morgan fingerprint density at radius 1 is 0.913 bits per heavy atom. The minimum Gasteiger partial charge on any atom is -0.384 e. The molecule has 0 unspecified atom stereocenters. The van der Waals surface area contributed by atoms with E-state index in [0.29, 0.717) is 23.0 Å². The lowest BCUT2D eigenvalue weighted by Crippen LogP contribution is -2.01. The summed E-state index contributed by atoms with van der Waals surface area (Å²) in [4.78, 5) is 8.68. The largest absolute Gasteiger partial charge is 0.384 e. The van der Waals surface area contributed by atoms with Gasteiger partial charge in [0.05, 0.1) is 0 Å². The highest BCUT2D eigenvalue weighted by molar-refractivity contribution is 5.65. The third-order valence-electron chi connectivity index (χ3n) is 3.34. The fourth-order valence-electron chi connectivity index (χ4n) is 2.45. The number of aryl methyl sites for hydroxylation is 2. The van der Waals surface area contributed by atoms with Crippen molar-refractivity contribution in [2.45, 2.75) is 13.8 Å². The molecule has 0 bridgehead atoms. The van der Waals surface area contributed by atoms with Crippen molar-refractivity contribution >= 4 is 17.3 Å². The normalized spacial score (nSPS) is 10.6. The van der Waals surface area contributed by atoms with Crippen LogP contribution in [0.2, 0.25) is 0 Å². The van der Waals surface area contributed by atoms with Gasteiger partial charge in [0.1, 0.15) is 17.5 Å². The van der Waals surface area contributed by atoms with Gasteiger partial charge in [-0.25, -0.2) is 14.4 Å². The van der Waals surface area contributed by atoms with Gasteiger partial charge in [-0.15, -0.1) is 0 Å². The molecule has 0 aliphatic carbocycles. The van der Waals surface area contributed by atoms with Crippen molar-refractivity contribution in [3.63, 3.8) is 0 Å². The Hall–Kier alpha value is -2.95. The zero-order chi connectivity index (χ0) is 16.4. The number of aromatic nitrogens is 2. The van der Waals surface area contributed by atoms with Gasteiger partial charge in [0, 0.05) is 17.3 Å². The van der Waals surface area contributed by atoms with Gasteiger partial charge in [0.2, 0.25) is 0 Å². The SMILES string of the molecule is Cc1cc(C)cc(Nc2cc(N)nc(-c3ccc(F)cc3)n2)c1. The van der Waals surface area contributed by atoms with E-state index in [1.807, 2.05) is 26.0 Å². The van der Waals surface area contributed by atoms with Crippen LogP contribution in [-0.4, -0.2) is 9.97 Å². The number of rotatable bonds is 3. The molecule has 0 aliphatic rings. The highest BCUT2D eigenvalue weighted by Gasteiger charge is 2.07. The molecule has 0 aliphatic heterocycles. The summed E-state index contributed by atoms with van der Waals surface area (Å²) in [6.45, 7) is 4.08. The Bertz CT molecular complexity index is 824. The van der Waals surface area contributed by atoms with Gasteiger partial charge in [-0.2, -0.15) is 0 Å². The summed E-state index contributed by atoms with van der Waals surface area (Å²) in [6, 6.07) is 13.8. The first-order valence-corrected chi connectivity index (χ1v) is 7.25. The zero-order valence-electron chi connectivity index (χ0n) is 13.0. The van der Waals surface area contributed by atoms with Gasteiger partial charge in [0.25, 0.3) is 0 Å². The molecular weight excluding hydrogens is 291 g/mol. The van der Waals surface area contributed by atoms with Crippen molar-refractivity contribution in [1.29, 1.82) is 0 Å². The number of hydrogen-bond donors (Lipinski definition) is 2. The average molecular weight is 308 g/mol. The first kappa shape index (κ1) is 15.0. The van der Waals surface area contributed by atoms with Crippen LogP contribution < -0.4 is 11.1 Å². The number of nitrogens with one attached hydrogen (secondary N) is 1. The van der Waals surface area contributed by atoms with Gasteiger partial charge in [0.15, 0.2) is 5.82 Å². The van der Waals surface area contributed by atoms with Crippen LogP contribution in [-0.2, 0) is 0 Å². The highest BCUT2D eigenvalue weighted by Crippen LogP contribution is 2.23. The monoisotopic (exact) mass is 308 g/mol. The summed E-state index contributed by atoms with van der Waals surface area (Å²) in [5.74, 6) is 1.11. The molecule has 0 fully saturated rings. The smallest absolute Gasteiger partial charge is 0.163 e. The van der Waals surface area contributed by atoms with E-state index >= 15 is 0 Å². The quantitative estimate of drug-likeness (QED) is 0.760. The van der Waals surface area contributed by atoms with Crippen molar-refractivity contribution in [3.05, 3.63) is 65.5 Å².